The molecule has 0 radical (unpaired) electrons. The van der Waals surface area contributed by atoms with Crippen molar-refractivity contribution in [3.63, 3.8) is 0 Å². The number of nitro benzene ring substituents is 1. The zero-order chi connectivity index (χ0) is 27.5. The maximum Gasteiger partial charge on any atom is 0.312 e. The minimum atomic E-state index is -1.14. The Hall–Kier alpha value is -4.22. The SMILES string of the molecule is CC(=O)[C@H]1[C@H]2c3ccccc3O[C@]1(C)N=c1s/c(=C/c3ccc(COc4ccc(Cl)cc4[N+](=O)[O-])o3)c(=O)n12. The van der Waals surface area contributed by atoms with Gasteiger partial charge in [0.05, 0.1) is 15.5 Å². The van der Waals surface area contributed by atoms with Crippen molar-refractivity contribution in [2.45, 2.75) is 32.2 Å². The summed E-state index contributed by atoms with van der Waals surface area (Å²) in [6.07, 6.45) is 1.60. The summed E-state index contributed by atoms with van der Waals surface area (Å²) < 4.78 is 19.5. The van der Waals surface area contributed by atoms with E-state index in [1.807, 2.05) is 24.3 Å². The van der Waals surface area contributed by atoms with E-state index in [2.05, 4.69) is 0 Å². The molecule has 4 aromatic rings. The lowest BCUT2D eigenvalue weighted by molar-refractivity contribution is -0.385. The maximum atomic E-state index is 13.6. The molecular formula is C27H20ClN3O7S. The molecule has 0 saturated heterocycles. The number of halogens is 1. The summed E-state index contributed by atoms with van der Waals surface area (Å²) in [7, 11) is 0. The summed E-state index contributed by atoms with van der Waals surface area (Å²) in [5.74, 6) is 0.663. The smallest absolute Gasteiger partial charge is 0.312 e. The molecule has 0 amide bonds. The Bertz CT molecular complexity index is 1840. The van der Waals surface area contributed by atoms with Crippen molar-refractivity contribution in [2.75, 3.05) is 0 Å². The first-order valence-electron chi connectivity index (χ1n) is 11.9. The van der Waals surface area contributed by atoms with Crippen LogP contribution in [0.1, 0.15) is 37.0 Å². The molecule has 2 bridgehead atoms. The van der Waals surface area contributed by atoms with E-state index in [4.69, 9.17) is 30.5 Å². The lowest BCUT2D eigenvalue weighted by atomic mass is 9.79. The Kier molecular flexibility index (Phi) is 5.92. The molecule has 4 heterocycles. The highest BCUT2D eigenvalue weighted by atomic mass is 35.5. The van der Waals surface area contributed by atoms with Gasteiger partial charge in [0.2, 0.25) is 5.72 Å². The van der Waals surface area contributed by atoms with Crippen molar-refractivity contribution in [2.24, 2.45) is 10.9 Å². The molecule has 0 saturated carbocycles. The number of ketones is 1. The molecule has 0 fully saturated rings. The van der Waals surface area contributed by atoms with Crippen LogP contribution in [0.2, 0.25) is 5.02 Å². The fraction of sp³-hybridized carbons (Fsp3) is 0.222. The van der Waals surface area contributed by atoms with Gasteiger partial charge in [0, 0.05) is 22.7 Å². The molecule has 12 heteroatoms. The first-order chi connectivity index (χ1) is 18.6. The minimum absolute atomic E-state index is 0.0549. The second-order valence-electron chi connectivity index (χ2n) is 9.37. The van der Waals surface area contributed by atoms with E-state index in [0.717, 1.165) is 5.56 Å². The number of nitro groups is 1. The molecule has 0 unspecified atom stereocenters. The van der Waals surface area contributed by atoms with Crippen molar-refractivity contribution in [1.29, 1.82) is 0 Å². The number of nitrogens with zero attached hydrogens (tertiary/aromatic N) is 3. The minimum Gasteiger partial charge on any atom is -0.479 e. The number of para-hydroxylation sites is 1. The van der Waals surface area contributed by atoms with Gasteiger partial charge in [0.15, 0.2) is 10.6 Å². The molecule has 0 N–H and O–H groups in total. The lowest BCUT2D eigenvalue weighted by Gasteiger charge is -2.45. The van der Waals surface area contributed by atoms with Gasteiger partial charge in [0.25, 0.3) is 5.56 Å². The van der Waals surface area contributed by atoms with Crippen LogP contribution in [0.5, 0.6) is 11.5 Å². The number of aromatic nitrogens is 1. The Morgan fingerprint density at radius 1 is 1.28 bits per heavy atom. The van der Waals surface area contributed by atoms with E-state index in [9.17, 15) is 19.7 Å². The number of thiazole rings is 1. The standard InChI is InChI=1S/C27H20ClN3O7S/c1-14(32)23-24-18-5-3-4-6-20(18)38-27(23,2)29-26-30(24)25(33)22(39-26)12-16-8-9-17(37-16)13-36-21-10-7-15(28)11-19(21)31(34)35/h3-12,23-24H,13H2,1-2H3/b22-12+/t23-,24+,27-/m0/s1. The van der Waals surface area contributed by atoms with Crippen molar-refractivity contribution in [3.8, 4) is 11.5 Å². The summed E-state index contributed by atoms with van der Waals surface area (Å²) >= 11 is 7.04. The molecule has 2 aliphatic rings. The number of hydrogen-bond acceptors (Lipinski definition) is 9. The highest BCUT2D eigenvalue weighted by Gasteiger charge is 2.53. The monoisotopic (exact) mass is 565 g/mol. The Balaban J connectivity index is 1.35. The van der Waals surface area contributed by atoms with Crippen LogP contribution in [0, 0.1) is 16.0 Å². The van der Waals surface area contributed by atoms with E-state index in [1.165, 1.54) is 36.5 Å². The molecule has 6 rings (SSSR count). The first kappa shape index (κ1) is 25.1. The quantitative estimate of drug-likeness (QED) is 0.255. The summed E-state index contributed by atoms with van der Waals surface area (Å²) in [6, 6.07) is 14.3. The zero-order valence-electron chi connectivity index (χ0n) is 20.6. The average Bonchev–Trinajstić information content (AvgIpc) is 3.45. The van der Waals surface area contributed by atoms with Crippen LogP contribution in [-0.4, -0.2) is 21.0 Å². The van der Waals surface area contributed by atoms with Gasteiger partial charge in [-0.1, -0.05) is 41.1 Å². The maximum absolute atomic E-state index is 13.6. The molecule has 2 aliphatic heterocycles. The molecule has 198 valence electrons. The highest BCUT2D eigenvalue weighted by Crippen LogP contribution is 2.47. The number of furan rings is 1. The van der Waals surface area contributed by atoms with Gasteiger partial charge in [-0.3, -0.25) is 24.3 Å². The second kappa shape index (κ2) is 9.21. The fourth-order valence-electron chi connectivity index (χ4n) is 5.14. The number of ether oxygens (including phenoxy) is 2. The number of Topliss-reactive ketones (excluding diaryl/α,β-unsaturated/α-hetero) is 1. The summed E-state index contributed by atoms with van der Waals surface area (Å²) in [4.78, 5) is 42.3. The number of hydrogen-bond donors (Lipinski definition) is 0. The number of carbonyl (C=O) groups excluding carboxylic acids is 1. The Morgan fingerprint density at radius 2 is 2.08 bits per heavy atom. The summed E-state index contributed by atoms with van der Waals surface area (Å²) in [5, 5.41) is 11.5. The third kappa shape index (κ3) is 4.23. The van der Waals surface area contributed by atoms with Crippen molar-refractivity contribution < 1.29 is 23.6 Å². The van der Waals surface area contributed by atoms with Crippen LogP contribution < -0.4 is 24.4 Å². The Morgan fingerprint density at radius 3 is 2.85 bits per heavy atom. The number of fused-ring (bicyclic) bond motifs is 6. The predicted octanol–water partition coefficient (Wildman–Crippen LogP) is 4.01. The number of benzene rings is 2. The number of carbonyl (C=O) groups is 1. The fourth-order valence-corrected chi connectivity index (χ4v) is 6.38. The third-order valence-corrected chi connectivity index (χ3v) is 7.98. The number of rotatable bonds is 6. The predicted molar refractivity (Wildman–Crippen MR) is 142 cm³/mol. The van der Waals surface area contributed by atoms with E-state index < -0.39 is 22.6 Å². The second-order valence-corrected chi connectivity index (χ2v) is 10.8. The first-order valence-corrected chi connectivity index (χ1v) is 13.1. The molecule has 2 aromatic carbocycles. The van der Waals surface area contributed by atoms with E-state index in [0.29, 0.717) is 26.6 Å². The van der Waals surface area contributed by atoms with Crippen molar-refractivity contribution >= 4 is 40.5 Å². The average molecular weight is 566 g/mol. The molecule has 10 nitrogen and oxygen atoms in total. The largest absolute Gasteiger partial charge is 0.479 e. The van der Waals surface area contributed by atoms with Crippen LogP contribution in [-0.2, 0) is 11.4 Å². The van der Waals surface area contributed by atoms with Crippen molar-refractivity contribution in [1.82, 2.24) is 4.57 Å². The van der Waals surface area contributed by atoms with Crippen molar-refractivity contribution in [3.05, 3.63) is 107 Å². The molecule has 0 aliphatic carbocycles. The van der Waals surface area contributed by atoms with Crippen LogP contribution in [0.3, 0.4) is 0 Å². The zero-order valence-corrected chi connectivity index (χ0v) is 22.2. The van der Waals surface area contributed by atoms with Crippen LogP contribution in [0.25, 0.3) is 6.08 Å². The summed E-state index contributed by atoms with van der Waals surface area (Å²) in [6.45, 7) is 3.19. The van der Waals surface area contributed by atoms with Crippen LogP contribution in [0.15, 0.2) is 68.8 Å². The molecular weight excluding hydrogens is 546 g/mol. The van der Waals surface area contributed by atoms with Crippen LogP contribution >= 0.6 is 22.9 Å². The lowest BCUT2D eigenvalue weighted by Crippen LogP contribution is -2.58. The molecule has 0 spiro atoms. The van der Waals surface area contributed by atoms with Gasteiger partial charge in [0.1, 0.15) is 35.6 Å². The van der Waals surface area contributed by atoms with Gasteiger partial charge in [-0.15, -0.1) is 0 Å². The van der Waals surface area contributed by atoms with Gasteiger partial charge >= 0.3 is 5.69 Å². The normalized spacial score (nSPS) is 21.4. The van der Waals surface area contributed by atoms with E-state index in [1.54, 1.807) is 29.7 Å². The summed E-state index contributed by atoms with van der Waals surface area (Å²) in [5.41, 5.74) is -0.930. The van der Waals surface area contributed by atoms with Gasteiger partial charge in [-0.2, -0.15) is 0 Å². The van der Waals surface area contributed by atoms with E-state index in [-0.39, 0.29) is 34.4 Å². The van der Waals surface area contributed by atoms with Crippen LogP contribution in [0.4, 0.5) is 5.69 Å². The molecule has 3 atom stereocenters. The molecule has 2 aromatic heterocycles. The molecule has 39 heavy (non-hydrogen) atoms. The Labute approximate surface area is 229 Å². The van der Waals surface area contributed by atoms with Gasteiger partial charge in [-0.05, 0) is 44.2 Å². The third-order valence-electron chi connectivity index (χ3n) is 6.76. The topological polar surface area (TPSA) is 126 Å². The van der Waals surface area contributed by atoms with Gasteiger partial charge in [-0.25, -0.2) is 4.99 Å². The van der Waals surface area contributed by atoms with Gasteiger partial charge < -0.3 is 13.9 Å². The highest BCUT2D eigenvalue weighted by molar-refractivity contribution is 7.07. The van der Waals surface area contributed by atoms with E-state index >= 15 is 0 Å².